The van der Waals surface area contributed by atoms with Gasteiger partial charge in [-0.3, -0.25) is 9.79 Å². The van der Waals surface area contributed by atoms with Gasteiger partial charge in [0.05, 0.1) is 16.9 Å². The van der Waals surface area contributed by atoms with Gasteiger partial charge in [-0.1, -0.05) is 11.6 Å². The lowest BCUT2D eigenvalue weighted by Gasteiger charge is -2.33. The fraction of sp³-hybridized carbons (Fsp3) is 0.625. The van der Waals surface area contributed by atoms with E-state index in [1.165, 1.54) is 6.07 Å². The van der Waals surface area contributed by atoms with Gasteiger partial charge in [-0.05, 0) is 31.9 Å². The monoisotopic (exact) mass is 436 g/mol. The van der Waals surface area contributed by atoms with Crippen molar-refractivity contribution in [2.45, 2.75) is 24.0 Å². The van der Waals surface area contributed by atoms with Gasteiger partial charge in [-0.2, -0.15) is 0 Å². The van der Waals surface area contributed by atoms with Gasteiger partial charge < -0.3 is 15.0 Å². The van der Waals surface area contributed by atoms with Crippen molar-refractivity contribution in [1.82, 2.24) is 14.9 Å². The molecule has 0 atom stereocenters. The number of hydrogen-bond donors (Lipinski definition) is 2. The Morgan fingerprint density at radius 1 is 1.37 bits per heavy atom. The van der Waals surface area contributed by atoms with Gasteiger partial charge in [0.15, 0.2) is 5.96 Å². The third-order valence-corrected chi connectivity index (χ3v) is 7.32. The van der Waals surface area contributed by atoms with E-state index >= 15 is 0 Å². The highest BCUT2D eigenvalue weighted by atomic mass is 35.5. The summed E-state index contributed by atoms with van der Waals surface area (Å²) in [7, 11) is -1.87. The minimum Gasteiger partial charge on any atom is -0.466 e. The fourth-order valence-corrected chi connectivity index (χ4v) is 5.35. The second-order valence-electron chi connectivity index (χ2n) is 5.94. The molecule has 2 N–H and O–H groups in total. The molecule has 2 rings (SSSR count). The first kappa shape index (κ1) is 21.9. The summed E-state index contributed by atoms with van der Waals surface area (Å²) in [5, 5.41) is 3.15. The predicted octanol–water partition coefficient (Wildman–Crippen LogP) is 1.53. The maximum absolute atomic E-state index is 12.1. The lowest BCUT2D eigenvalue weighted by Crippen LogP contribution is -2.48. The zero-order valence-corrected chi connectivity index (χ0v) is 17.8. The van der Waals surface area contributed by atoms with E-state index < -0.39 is 10.0 Å². The number of likely N-dealkylation sites (tertiary alicyclic amines) is 1. The first-order valence-corrected chi connectivity index (χ1v) is 11.4. The Kier molecular flexibility index (Phi) is 8.33. The van der Waals surface area contributed by atoms with E-state index in [0.29, 0.717) is 49.4 Å². The van der Waals surface area contributed by atoms with Crippen LogP contribution < -0.4 is 10.0 Å². The van der Waals surface area contributed by atoms with Crippen LogP contribution in [0.1, 0.15) is 19.8 Å². The van der Waals surface area contributed by atoms with E-state index in [-0.39, 0.29) is 22.6 Å². The van der Waals surface area contributed by atoms with Gasteiger partial charge in [0.25, 0.3) is 0 Å². The van der Waals surface area contributed by atoms with Crippen molar-refractivity contribution in [2.75, 3.05) is 39.8 Å². The zero-order chi connectivity index (χ0) is 19.9. The van der Waals surface area contributed by atoms with Crippen LogP contribution >= 0.6 is 22.9 Å². The number of thiophene rings is 1. The summed E-state index contributed by atoms with van der Waals surface area (Å²) in [5.74, 6) is 0.489. The summed E-state index contributed by atoms with van der Waals surface area (Å²) in [6.07, 6.45) is 1.43. The Bertz CT molecular complexity index is 758. The lowest BCUT2D eigenvalue weighted by molar-refractivity contribution is -0.149. The first-order chi connectivity index (χ1) is 12.9. The van der Waals surface area contributed by atoms with Crippen LogP contribution in [0.15, 0.2) is 21.3 Å². The number of carbonyl (C=O) groups is 1. The van der Waals surface area contributed by atoms with Gasteiger partial charge in [0, 0.05) is 33.2 Å². The molecule has 1 saturated heterocycles. The highest BCUT2D eigenvalue weighted by molar-refractivity contribution is 7.91. The van der Waals surface area contributed by atoms with Crippen LogP contribution in [0.2, 0.25) is 4.34 Å². The molecule has 8 nitrogen and oxygen atoms in total. The zero-order valence-electron chi connectivity index (χ0n) is 15.4. The van der Waals surface area contributed by atoms with Crippen LogP contribution in [0, 0.1) is 5.92 Å². The summed E-state index contributed by atoms with van der Waals surface area (Å²) in [6, 6.07) is 3.04. The number of carbonyl (C=O) groups excluding carboxylic acids is 1. The predicted molar refractivity (Wildman–Crippen MR) is 107 cm³/mol. The highest BCUT2D eigenvalue weighted by Crippen LogP contribution is 2.25. The number of nitrogens with one attached hydrogen (secondary N) is 2. The quantitative estimate of drug-likeness (QED) is 0.291. The van der Waals surface area contributed by atoms with Gasteiger partial charge in [0.2, 0.25) is 10.0 Å². The number of halogens is 1. The Labute approximate surface area is 169 Å². The largest absolute Gasteiger partial charge is 0.466 e. The third kappa shape index (κ3) is 6.34. The van der Waals surface area contributed by atoms with Gasteiger partial charge in [0.1, 0.15) is 4.21 Å². The molecule has 1 aromatic rings. The first-order valence-electron chi connectivity index (χ1n) is 8.74. The molecule has 0 saturated carbocycles. The molecule has 11 heteroatoms. The molecule has 2 heterocycles. The number of aliphatic imine (C=N–C) groups is 1. The molecule has 0 aromatic carbocycles. The molecule has 152 valence electrons. The van der Waals surface area contributed by atoms with Crippen LogP contribution in [0.3, 0.4) is 0 Å². The minimum absolute atomic E-state index is 0.0660. The molecule has 0 aliphatic carbocycles. The molecule has 1 aliphatic heterocycles. The number of piperidine rings is 1. The Morgan fingerprint density at radius 2 is 2.07 bits per heavy atom. The maximum Gasteiger partial charge on any atom is 0.309 e. The van der Waals surface area contributed by atoms with Crippen LogP contribution in [0.25, 0.3) is 0 Å². The summed E-state index contributed by atoms with van der Waals surface area (Å²) in [6.45, 7) is 4.21. The van der Waals surface area contributed by atoms with Crippen LogP contribution in [-0.4, -0.2) is 65.1 Å². The number of sulfonamides is 1. The van der Waals surface area contributed by atoms with Crippen LogP contribution in [0.4, 0.5) is 0 Å². The number of ether oxygens (including phenoxy) is 1. The SMILES string of the molecule is CCOC(=O)C1CCN(C(=NC)NCCNS(=O)(=O)c2ccc(Cl)s2)CC1. The topological polar surface area (TPSA) is 100 Å². The standard InChI is InChI=1S/C16H25ClN4O4S2/c1-3-25-15(22)12-6-10-21(11-7-12)16(18-2)19-8-9-20-27(23,24)14-5-4-13(17)26-14/h4-5,12,20H,3,6-11H2,1-2H3,(H,18,19). The van der Waals surface area contributed by atoms with Crippen molar-refractivity contribution >= 4 is 44.9 Å². The van der Waals surface area contributed by atoms with E-state index in [0.717, 1.165) is 11.3 Å². The summed E-state index contributed by atoms with van der Waals surface area (Å²) in [4.78, 5) is 18.1. The Morgan fingerprint density at radius 3 is 2.63 bits per heavy atom. The van der Waals surface area contributed by atoms with E-state index in [1.54, 1.807) is 20.0 Å². The fourth-order valence-electron chi connectivity index (χ4n) is 2.79. The Balaban J connectivity index is 1.76. The molecule has 1 fully saturated rings. The highest BCUT2D eigenvalue weighted by Gasteiger charge is 2.27. The van der Waals surface area contributed by atoms with Crippen molar-refractivity contribution < 1.29 is 17.9 Å². The molecule has 1 aliphatic rings. The van der Waals surface area contributed by atoms with Crippen molar-refractivity contribution in [3.63, 3.8) is 0 Å². The summed E-state index contributed by atoms with van der Waals surface area (Å²) >= 11 is 6.80. The van der Waals surface area contributed by atoms with Crippen LogP contribution in [-0.2, 0) is 19.6 Å². The van der Waals surface area contributed by atoms with Gasteiger partial charge in [-0.25, -0.2) is 13.1 Å². The maximum atomic E-state index is 12.1. The molecule has 0 amide bonds. The van der Waals surface area contributed by atoms with Crippen molar-refractivity contribution in [1.29, 1.82) is 0 Å². The van der Waals surface area contributed by atoms with Gasteiger partial charge in [-0.15, -0.1) is 11.3 Å². The second kappa shape index (κ2) is 10.3. The second-order valence-corrected chi connectivity index (χ2v) is 9.65. The van der Waals surface area contributed by atoms with Crippen molar-refractivity contribution in [2.24, 2.45) is 10.9 Å². The molecule has 0 bridgehead atoms. The number of esters is 1. The van der Waals surface area contributed by atoms with E-state index in [9.17, 15) is 13.2 Å². The third-order valence-electron chi connectivity index (χ3n) is 4.14. The number of rotatable bonds is 7. The minimum atomic E-state index is -3.55. The molecule has 0 radical (unpaired) electrons. The van der Waals surface area contributed by atoms with E-state index in [4.69, 9.17) is 16.3 Å². The van der Waals surface area contributed by atoms with Gasteiger partial charge >= 0.3 is 5.97 Å². The molecule has 27 heavy (non-hydrogen) atoms. The number of hydrogen-bond acceptors (Lipinski definition) is 6. The molecular weight excluding hydrogens is 412 g/mol. The number of nitrogens with zero attached hydrogens (tertiary/aromatic N) is 2. The Hall–Kier alpha value is -1.36. The molecular formula is C16H25ClN4O4S2. The average Bonchev–Trinajstić information content (AvgIpc) is 3.10. The summed E-state index contributed by atoms with van der Waals surface area (Å²) in [5.41, 5.74) is 0. The van der Waals surface area contributed by atoms with E-state index in [1.807, 2.05) is 0 Å². The molecule has 0 unspecified atom stereocenters. The average molecular weight is 437 g/mol. The normalized spacial score (nSPS) is 16.4. The smallest absolute Gasteiger partial charge is 0.309 e. The lowest BCUT2D eigenvalue weighted by atomic mass is 9.97. The summed E-state index contributed by atoms with van der Waals surface area (Å²) < 4.78 is 32.5. The van der Waals surface area contributed by atoms with Crippen molar-refractivity contribution in [3.05, 3.63) is 16.5 Å². The van der Waals surface area contributed by atoms with Crippen LogP contribution in [0.5, 0.6) is 0 Å². The van der Waals surface area contributed by atoms with Crippen molar-refractivity contribution in [3.8, 4) is 0 Å². The molecule has 1 aromatic heterocycles. The number of guanidine groups is 1. The molecule has 0 spiro atoms. The van der Waals surface area contributed by atoms with E-state index in [2.05, 4.69) is 19.9 Å².